The summed E-state index contributed by atoms with van der Waals surface area (Å²) in [5.74, 6) is 0.0940. The van der Waals surface area contributed by atoms with Crippen LogP contribution >= 0.6 is 0 Å². The number of nitrogens with one attached hydrogen (secondary N) is 4. The van der Waals surface area contributed by atoms with Gasteiger partial charge in [0.15, 0.2) is 23.0 Å². The third-order valence-corrected chi connectivity index (χ3v) is 10.9. The molecule has 16 nitrogen and oxygen atoms in total. The monoisotopic (exact) mass is 906 g/mol. The van der Waals surface area contributed by atoms with Crippen molar-refractivity contribution in [3.8, 4) is 23.0 Å². The molecule has 18 heteroatoms. The number of para-hydroxylation sites is 4. The van der Waals surface area contributed by atoms with Gasteiger partial charge in [0.1, 0.15) is 47.8 Å². The molecule has 0 spiro atoms. The Bertz CT molecular complexity index is 3390. The third kappa shape index (κ3) is 9.26. The number of benzene rings is 4. The number of ether oxygens (including phenoxy) is 5. The highest BCUT2D eigenvalue weighted by molar-refractivity contribution is 5.94. The fourth-order valence-electron chi connectivity index (χ4n) is 7.58. The van der Waals surface area contributed by atoms with Crippen molar-refractivity contribution in [3.05, 3.63) is 166 Å². The van der Waals surface area contributed by atoms with Crippen LogP contribution in [0.5, 0.6) is 23.0 Å². The first-order valence-electron chi connectivity index (χ1n) is 20.7. The molecule has 0 saturated heterocycles. The lowest BCUT2D eigenvalue weighted by atomic mass is 10.0. The minimum absolute atomic E-state index is 0.0655. The number of halogens is 2. The Hall–Kier alpha value is -8.80. The van der Waals surface area contributed by atoms with E-state index in [0.717, 1.165) is 33.2 Å². The summed E-state index contributed by atoms with van der Waals surface area (Å²) in [5, 5.41) is 10.6. The molecule has 0 saturated carbocycles. The van der Waals surface area contributed by atoms with E-state index in [1.54, 1.807) is 30.6 Å². The van der Waals surface area contributed by atoms with Crippen LogP contribution in [0.15, 0.2) is 110 Å². The molecule has 0 aliphatic heterocycles. The van der Waals surface area contributed by atoms with Crippen LogP contribution in [0.1, 0.15) is 54.6 Å². The normalized spacial score (nSPS) is 11.2. The van der Waals surface area contributed by atoms with E-state index in [4.69, 9.17) is 23.7 Å². The number of hydrogen-bond donors (Lipinski definition) is 5. The number of H-pyrrole nitrogens is 4. The zero-order chi connectivity index (χ0) is 46.6. The summed E-state index contributed by atoms with van der Waals surface area (Å²) in [5.41, 5.74) is 7.27. The SMILES string of the molecule is COC(=O)c1cnc2[nH]cc(Cc3cc(OC)c(OCc4nc5ccccc5[nH]4)cc3F)c2c1.COc1cc(Cc2c[nH]c3ncc(C(=O)O)cc23)c(F)cc1OCc1nc2ccccc2[nH]1. The topological polar surface area (TPSA) is 215 Å². The van der Waals surface area contributed by atoms with E-state index in [1.165, 1.54) is 51.9 Å². The van der Waals surface area contributed by atoms with E-state index in [2.05, 4.69) is 39.9 Å². The lowest BCUT2D eigenvalue weighted by molar-refractivity contribution is 0.0599. The highest BCUT2D eigenvalue weighted by Gasteiger charge is 2.19. The number of imidazole rings is 2. The molecule has 6 aromatic heterocycles. The summed E-state index contributed by atoms with van der Waals surface area (Å²) in [6.45, 7) is 0.254. The van der Waals surface area contributed by atoms with Crippen molar-refractivity contribution in [2.75, 3.05) is 21.3 Å². The predicted octanol–water partition coefficient (Wildman–Crippen LogP) is 9.00. The van der Waals surface area contributed by atoms with Crippen LogP contribution in [0.25, 0.3) is 44.1 Å². The number of carbonyl (C=O) groups excluding carboxylic acids is 1. The number of carboxylic acid groups (broad SMARTS) is 1. The van der Waals surface area contributed by atoms with Crippen LogP contribution in [-0.2, 0) is 30.8 Å². The molecule has 0 atom stereocenters. The fourth-order valence-corrected chi connectivity index (χ4v) is 7.58. The van der Waals surface area contributed by atoms with Crippen molar-refractivity contribution in [2.24, 2.45) is 0 Å². The van der Waals surface area contributed by atoms with Gasteiger partial charge in [0, 0.05) is 60.5 Å². The highest BCUT2D eigenvalue weighted by Crippen LogP contribution is 2.35. The van der Waals surface area contributed by atoms with E-state index < -0.39 is 23.6 Å². The number of rotatable bonds is 14. The summed E-state index contributed by atoms with van der Waals surface area (Å²) in [4.78, 5) is 52.8. The van der Waals surface area contributed by atoms with Crippen LogP contribution in [-0.4, -0.2) is 78.2 Å². The van der Waals surface area contributed by atoms with Gasteiger partial charge < -0.3 is 48.7 Å². The molecule has 5 N–H and O–H groups in total. The number of aromatic nitrogens is 8. The standard InChI is InChI=1S/C25H21FN4O4.C24H19FN4O4/c1-32-21-9-14(7-15-11-27-24-17(15)8-16(12-28-24)25(31)33-2)18(26)10-22(21)34-13-23-29-19-5-3-4-6-20(19)30-23;1-32-20-8-13(6-14-10-26-23-16(14)7-15(11-27-23)24(30)31)17(25)9-21(20)33-12-22-28-18-4-2-3-5-19(18)29-22/h3-6,8-12H,7,13H2,1-2H3,(H,27,28)(H,29,30);2-5,7-11H,6,12H2,1H3,(H,26,27)(H,28,29)(H,30,31). The van der Waals surface area contributed by atoms with Crippen molar-refractivity contribution >= 4 is 56.1 Å². The number of fused-ring (bicyclic) bond motifs is 4. The van der Waals surface area contributed by atoms with E-state index in [0.29, 0.717) is 61.9 Å². The number of aromatic amines is 4. The number of methoxy groups -OCH3 is 3. The predicted molar refractivity (Wildman–Crippen MR) is 243 cm³/mol. The molecule has 0 aliphatic carbocycles. The molecule has 338 valence electrons. The Labute approximate surface area is 378 Å². The van der Waals surface area contributed by atoms with Gasteiger partial charge in [0.05, 0.1) is 54.5 Å². The molecule has 0 radical (unpaired) electrons. The zero-order valence-electron chi connectivity index (χ0n) is 36.1. The van der Waals surface area contributed by atoms with Crippen molar-refractivity contribution in [1.82, 2.24) is 39.9 Å². The average Bonchev–Trinajstić information content (AvgIpc) is 4.16. The van der Waals surface area contributed by atoms with E-state index in [9.17, 15) is 19.1 Å². The minimum atomic E-state index is -1.07. The largest absolute Gasteiger partial charge is 0.493 e. The molecular weight excluding hydrogens is 867 g/mol. The zero-order valence-corrected chi connectivity index (χ0v) is 36.1. The van der Waals surface area contributed by atoms with Crippen LogP contribution in [0.3, 0.4) is 0 Å². The second-order valence-corrected chi connectivity index (χ2v) is 15.2. The number of nitrogens with zero attached hydrogens (tertiary/aromatic N) is 4. The van der Waals surface area contributed by atoms with Crippen molar-refractivity contribution in [2.45, 2.75) is 26.1 Å². The smallest absolute Gasteiger partial charge is 0.339 e. The molecule has 0 aliphatic rings. The van der Waals surface area contributed by atoms with Crippen LogP contribution in [0.4, 0.5) is 8.78 Å². The third-order valence-electron chi connectivity index (χ3n) is 10.9. The summed E-state index contributed by atoms with van der Waals surface area (Å²) in [6, 6.07) is 24.3. The van der Waals surface area contributed by atoms with Gasteiger partial charge in [-0.15, -0.1) is 0 Å². The quantitative estimate of drug-likeness (QED) is 0.0647. The Morgan fingerprint density at radius 2 is 1.06 bits per heavy atom. The molecule has 4 aromatic carbocycles. The van der Waals surface area contributed by atoms with Crippen LogP contribution < -0.4 is 18.9 Å². The van der Waals surface area contributed by atoms with Gasteiger partial charge >= 0.3 is 11.9 Å². The Balaban J connectivity index is 0.000000168. The maximum atomic E-state index is 15.1. The van der Waals surface area contributed by atoms with Gasteiger partial charge in [0.2, 0.25) is 0 Å². The first-order valence-corrected chi connectivity index (χ1v) is 20.7. The molecule has 67 heavy (non-hydrogen) atoms. The van der Waals surface area contributed by atoms with Gasteiger partial charge in [-0.05, 0) is 70.8 Å². The van der Waals surface area contributed by atoms with Gasteiger partial charge in [-0.25, -0.2) is 38.3 Å². The Morgan fingerprint density at radius 3 is 1.51 bits per heavy atom. The second kappa shape index (κ2) is 18.7. The molecule has 10 aromatic rings. The number of hydrogen-bond acceptors (Lipinski definition) is 11. The molecule has 0 amide bonds. The first-order chi connectivity index (χ1) is 32.6. The maximum absolute atomic E-state index is 15.1. The van der Waals surface area contributed by atoms with Crippen molar-refractivity contribution < 1.29 is 47.2 Å². The highest BCUT2D eigenvalue weighted by atomic mass is 19.1. The molecular formula is C49H40F2N8O8. The van der Waals surface area contributed by atoms with Crippen LogP contribution in [0.2, 0.25) is 0 Å². The van der Waals surface area contributed by atoms with Gasteiger partial charge in [-0.1, -0.05) is 24.3 Å². The van der Waals surface area contributed by atoms with Crippen molar-refractivity contribution in [1.29, 1.82) is 0 Å². The minimum Gasteiger partial charge on any atom is -0.493 e. The summed E-state index contributed by atoms with van der Waals surface area (Å²) in [6.07, 6.45) is 6.64. The molecule has 10 rings (SSSR count). The lowest BCUT2D eigenvalue weighted by Gasteiger charge is -2.12. The average molecular weight is 907 g/mol. The van der Waals surface area contributed by atoms with E-state index in [-0.39, 0.29) is 43.1 Å². The maximum Gasteiger partial charge on any atom is 0.339 e. The number of pyridine rings is 2. The first kappa shape index (κ1) is 43.5. The fraction of sp³-hybridized carbons (Fsp3) is 0.143. The summed E-state index contributed by atoms with van der Waals surface area (Å²) < 4.78 is 57.3. The van der Waals surface area contributed by atoms with Gasteiger partial charge in [0.25, 0.3) is 0 Å². The number of carbonyl (C=O) groups is 2. The summed E-state index contributed by atoms with van der Waals surface area (Å²) in [7, 11) is 4.30. The Morgan fingerprint density at radius 1 is 0.597 bits per heavy atom. The molecule has 0 bridgehead atoms. The Kier molecular flexibility index (Phi) is 12.1. The second-order valence-electron chi connectivity index (χ2n) is 15.2. The summed E-state index contributed by atoms with van der Waals surface area (Å²) >= 11 is 0. The van der Waals surface area contributed by atoms with E-state index in [1.807, 2.05) is 48.5 Å². The molecule has 6 heterocycles. The van der Waals surface area contributed by atoms with Gasteiger partial charge in [-0.2, -0.15) is 0 Å². The number of aromatic carboxylic acids is 1. The lowest BCUT2D eigenvalue weighted by Crippen LogP contribution is -2.03. The van der Waals surface area contributed by atoms with Crippen molar-refractivity contribution in [3.63, 3.8) is 0 Å². The molecule has 0 unspecified atom stereocenters. The number of esters is 1. The van der Waals surface area contributed by atoms with E-state index >= 15 is 4.39 Å². The van der Waals surface area contributed by atoms with Crippen LogP contribution in [0, 0.1) is 11.6 Å². The number of carboxylic acids is 1. The molecule has 0 fully saturated rings. The van der Waals surface area contributed by atoms with Gasteiger partial charge in [-0.3, -0.25) is 0 Å².